The second-order valence-electron chi connectivity index (χ2n) is 7.59. The largest absolute Gasteiger partial charge is 0.497 e. The Balaban J connectivity index is 1.50. The number of carbonyl (C=O) groups excluding carboxylic acids is 2. The van der Waals surface area contributed by atoms with Crippen molar-refractivity contribution in [3.8, 4) is 17.2 Å². The van der Waals surface area contributed by atoms with Gasteiger partial charge in [0.15, 0.2) is 15.8 Å². The number of nitrogens with one attached hydrogen (secondary N) is 1. The van der Waals surface area contributed by atoms with Gasteiger partial charge in [-0.15, -0.1) is 0 Å². The van der Waals surface area contributed by atoms with Crippen LogP contribution in [0.4, 0.5) is 4.39 Å². The minimum atomic E-state index is -0.493. The van der Waals surface area contributed by atoms with Crippen LogP contribution in [-0.4, -0.2) is 35.4 Å². The third kappa shape index (κ3) is 6.04. The summed E-state index contributed by atoms with van der Waals surface area (Å²) < 4.78 is 30.5. The number of carbonyl (C=O) groups is 2. The maximum absolute atomic E-state index is 14.1. The van der Waals surface area contributed by atoms with Crippen LogP contribution in [0.25, 0.3) is 6.08 Å². The first-order valence-corrected chi connectivity index (χ1v) is 12.4. The van der Waals surface area contributed by atoms with Gasteiger partial charge in [-0.3, -0.25) is 15.0 Å². The Hall–Kier alpha value is -3.60. The number of hydrogen-bond acceptors (Lipinski definition) is 7. The molecule has 1 aliphatic heterocycles. The molecule has 1 aliphatic rings. The molecule has 0 aliphatic carbocycles. The van der Waals surface area contributed by atoms with Gasteiger partial charge in [-0.25, -0.2) is 4.39 Å². The predicted octanol–water partition coefficient (Wildman–Crippen LogP) is 5.62. The summed E-state index contributed by atoms with van der Waals surface area (Å²) in [5, 5.41) is 1.27. The monoisotopic (exact) mass is 558 g/mol. The van der Waals surface area contributed by atoms with E-state index < -0.39 is 17.6 Å². The third-order valence-corrected chi connectivity index (χ3v) is 6.93. The topological polar surface area (TPSA) is 77.1 Å². The second-order valence-corrected chi connectivity index (χ2v) is 9.67. The van der Waals surface area contributed by atoms with E-state index in [1.54, 1.807) is 54.6 Å². The first-order chi connectivity index (χ1) is 17.8. The van der Waals surface area contributed by atoms with Crippen molar-refractivity contribution >= 4 is 57.8 Å². The highest BCUT2D eigenvalue weighted by Crippen LogP contribution is 2.35. The number of hydrogen-bond donors (Lipinski definition) is 1. The van der Waals surface area contributed by atoms with Gasteiger partial charge in [0, 0.05) is 11.1 Å². The molecule has 0 aromatic heterocycles. The Kier molecular flexibility index (Phi) is 8.32. The molecule has 190 valence electrons. The molecule has 37 heavy (non-hydrogen) atoms. The molecule has 2 amide bonds. The smallest absolute Gasteiger partial charge is 0.285 e. The molecular weight excluding hydrogens is 539 g/mol. The predicted molar refractivity (Wildman–Crippen MR) is 144 cm³/mol. The van der Waals surface area contributed by atoms with Gasteiger partial charge in [0.25, 0.3) is 11.8 Å². The fourth-order valence-corrected chi connectivity index (χ4v) is 4.74. The van der Waals surface area contributed by atoms with Gasteiger partial charge in [0.1, 0.15) is 18.2 Å². The number of hydrazine groups is 1. The lowest BCUT2D eigenvalue weighted by Crippen LogP contribution is -2.44. The molecule has 1 heterocycles. The Morgan fingerprint density at radius 1 is 1.11 bits per heavy atom. The van der Waals surface area contributed by atoms with E-state index in [1.807, 2.05) is 0 Å². The highest BCUT2D eigenvalue weighted by molar-refractivity contribution is 8.26. The zero-order chi connectivity index (χ0) is 26.5. The van der Waals surface area contributed by atoms with Crippen molar-refractivity contribution in [2.24, 2.45) is 0 Å². The van der Waals surface area contributed by atoms with Crippen LogP contribution in [0, 0.1) is 5.82 Å². The van der Waals surface area contributed by atoms with Crippen LogP contribution in [0.1, 0.15) is 21.5 Å². The van der Waals surface area contributed by atoms with Crippen molar-refractivity contribution in [1.29, 1.82) is 0 Å². The quantitative estimate of drug-likeness (QED) is 0.284. The molecule has 0 saturated carbocycles. The summed E-state index contributed by atoms with van der Waals surface area (Å²) in [6.07, 6.45) is 1.61. The average molecular weight is 559 g/mol. The zero-order valence-corrected chi connectivity index (χ0v) is 22.0. The molecular formula is C26H20ClFN2O5S2. The lowest BCUT2D eigenvalue weighted by molar-refractivity contribution is -0.123. The van der Waals surface area contributed by atoms with E-state index in [1.165, 1.54) is 26.4 Å². The summed E-state index contributed by atoms with van der Waals surface area (Å²) in [7, 11) is 3.01. The molecule has 7 nitrogen and oxygen atoms in total. The Labute approximate surface area is 227 Å². The average Bonchev–Trinajstić information content (AvgIpc) is 3.15. The summed E-state index contributed by atoms with van der Waals surface area (Å²) in [4.78, 5) is 25.9. The van der Waals surface area contributed by atoms with Crippen LogP contribution >= 0.6 is 35.6 Å². The van der Waals surface area contributed by atoms with Crippen molar-refractivity contribution in [2.45, 2.75) is 6.61 Å². The van der Waals surface area contributed by atoms with Gasteiger partial charge >= 0.3 is 0 Å². The van der Waals surface area contributed by atoms with E-state index in [0.717, 1.165) is 16.8 Å². The molecule has 0 atom stereocenters. The molecule has 0 spiro atoms. The van der Waals surface area contributed by atoms with Gasteiger partial charge in [0.2, 0.25) is 0 Å². The van der Waals surface area contributed by atoms with E-state index in [-0.39, 0.29) is 21.5 Å². The maximum atomic E-state index is 14.1. The minimum absolute atomic E-state index is 0.120. The number of halogens is 2. The number of methoxy groups -OCH3 is 2. The summed E-state index contributed by atoms with van der Waals surface area (Å²) >= 11 is 12.4. The molecule has 1 N–H and O–H groups in total. The number of benzene rings is 3. The zero-order valence-electron chi connectivity index (χ0n) is 19.6. The van der Waals surface area contributed by atoms with Crippen molar-refractivity contribution in [1.82, 2.24) is 10.4 Å². The SMILES string of the molecule is COc1ccc(C(=O)NN2C(=O)/C(=C\c3ccc(OC)c(OCc4c(F)cccc4Cl)c3)SC2=S)cc1. The highest BCUT2D eigenvalue weighted by atomic mass is 35.5. The first-order valence-electron chi connectivity index (χ1n) is 10.8. The van der Waals surface area contributed by atoms with Crippen molar-refractivity contribution in [3.63, 3.8) is 0 Å². The van der Waals surface area contributed by atoms with Gasteiger partial charge in [-0.1, -0.05) is 35.5 Å². The van der Waals surface area contributed by atoms with E-state index >= 15 is 0 Å². The number of thiocarbonyl (C=S) groups is 1. The summed E-state index contributed by atoms with van der Waals surface area (Å²) in [6.45, 7) is -0.120. The molecule has 11 heteroatoms. The third-order valence-electron chi connectivity index (χ3n) is 5.28. The van der Waals surface area contributed by atoms with E-state index in [0.29, 0.717) is 33.3 Å². The van der Waals surface area contributed by atoms with Gasteiger partial charge < -0.3 is 14.2 Å². The Bertz CT molecular complexity index is 1380. The number of nitrogens with zero attached hydrogens (tertiary/aromatic N) is 1. The summed E-state index contributed by atoms with van der Waals surface area (Å²) in [6, 6.07) is 15.9. The fourth-order valence-electron chi connectivity index (χ4n) is 3.34. The Morgan fingerprint density at radius 2 is 1.86 bits per heavy atom. The second kappa shape index (κ2) is 11.6. The lowest BCUT2D eigenvalue weighted by atomic mass is 10.1. The molecule has 3 aromatic rings. The lowest BCUT2D eigenvalue weighted by Gasteiger charge is -2.15. The van der Waals surface area contributed by atoms with Crippen LogP contribution < -0.4 is 19.6 Å². The van der Waals surface area contributed by atoms with Crippen LogP contribution in [-0.2, 0) is 11.4 Å². The number of ether oxygens (including phenoxy) is 3. The molecule has 1 saturated heterocycles. The first kappa shape index (κ1) is 26.5. The van der Waals surface area contributed by atoms with Gasteiger partial charge in [-0.2, -0.15) is 5.01 Å². The van der Waals surface area contributed by atoms with Crippen molar-refractivity contribution < 1.29 is 28.2 Å². The van der Waals surface area contributed by atoms with E-state index in [2.05, 4.69) is 5.43 Å². The number of thioether (sulfide) groups is 1. The number of rotatable bonds is 8. The van der Waals surface area contributed by atoms with E-state index in [4.69, 9.17) is 38.0 Å². The molecule has 0 bridgehead atoms. The van der Waals surface area contributed by atoms with Crippen LogP contribution in [0.2, 0.25) is 5.02 Å². The minimum Gasteiger partial charge on any atom is -0.497 e. The molecule has 1 fully saturated rings. The standard InChI is InChI=1S/C26H20ClFN2O5S2/c1-33-17-9-7-16(8-10-17)24(31)29-30-25(32)23(37-26(30)36)13-15-6-11-21(34-2)22(12-15)35-14-18-19(27)4-3-5-20(18)28/h3-13H,14H2,1-2H3,(H,29,31)/b23-13+. The Morgan fingerprint density at radius 3 is 2.54 bits per heavy atom. The molecule has 0 unspecified atom stereocenters. The highest BCUT2D eigenvalue weighted by Gasteiger charge is 2.34. The normalized spacial score (nSPS) is 14.2. The summed E-state index contributed by atoms with van der Waals surface area (Å²) in [5.74, 6) is -0.101. The fraction of sp³-hybridized carbons (Fsp3) is 0.115. The van der Waals surface area contributed by atoms with Crippen molar-refractivity contribution in [3.05, 3.63) is 93.1 Å². The van der Waals surface area contributed by atoms with Gasteiger partial charge in [0.05, 0.1) is 24.1 Å². The van der Waals surface area contributed by atoms with Crippen LogP contribution in [0.3, 0.4) is 0 Å². The maximum Gasteiger partial charge on any atom is 0.285 e. The van der Waals surface area contributed by atoms with Crippen LogP contribution in [0.5, 0.6) is 17.2 Å². The summed E-state index contributed by atoms with van der Waals surface area (Å²) in [5.41, 5.74) is 3.70. The molecule has 0 radical (unpaired) electrons. The van der Waals surface area contributed by atoms with E-state index in [9.17, 15) is 14.0 Å². The van der Waals surface area contributed by atoms with Crippen molar-refractivity contribution in [2.75, 3.05) is 14.2 Å². The molecule has 4 rings (SSSR count). The number of amides is 2. The van der Waals surface area contributed by atoms with Crippen LogP contribution in [0.15, 0.2) is 65.6 Å². The molecule has 3 aromatic carbocycles. The van der Waals surface area contributed by atoms with Gasteiger partial charge in [-0.05, 0) is 72.4 Å².